The zero-order valence-corrected chi connectivity index (χ0v) is 13.3. The van der Waals surface area contributed by atoms with Gasteiger partial charge in [-0.3, -0.25) is 0 Å². The van der Waals surface area contributed by atoms with Gasteiger partial charge in [-0.25, -0.2) is 0 Å². The molecule has 6 heteroatoms. The molecule has 0 aliphatic rings. The van der Waals surface area contributed by atoms with E-state index in [2.05, 4.69) is 21.6 Å². The van der Waals surface area contributed by atoms with Crippen LogP contribution in [0, 0.1) is 11.3 Å². The minimum atomic E-state index is -0.844. The average Bonchev–Trinajstić information content (AvgIpc) is 2.43. The summed E-state index contributed by atoms with van der Waals surface area (Å²) in [5.74, 6) is 1.08. The summed E-state index contributed by atoms with van der Waals surface area (Å²) in [4.78, 5) is 0. The molecule has 20 heavy (non-hydrogen) atoms. The lowest BCUT2D eigenvalue weighted by Gasteiger charge is -2.23. The highest BCUT2D eigenvalue weighted by Crippen LogP contribution is 2.21. The largest absolute Gasteiger partial charge is 0.387 e. The van der Waals surface area contributed by atoms with Crippen molar-refractivity contribution in [2.75, 3.05) is 23.9 Å². The fourth-order valence-corrected chi connectivity index (χ4v) is 2.78. The van der Waals surface area contributed by atoms with Crippen molar-refractivity contribution in [2.24, 2.45) is 0 Å². The van der Waals surface area contributed by atoms with Crippen LogP contribution in [0.4, 0.5) is 5.82 Å². The van der Waals surface area contributed by atoms with E-state index >= 15 is 0 Å². The van der Waals surface area contributed by atoms with E-state index in [0.717, 1.165) is 24.1 Å². The van der Waals surface area contributed by atoms with E-state index < -0.39 is 5.60 Å². The normalized spacial score (nSPS) is 13.6. The van der Waals surface area contributed by atoms with Crippen LogP contribution in [-0.2, 0) is 12.8 Å². The van der Waals surface area contributed by atoms with Crippen molar-refractivity contribution >= 4 is 17.6 Å². The maximum atomic E-state index is 10.2. The fraction of sp³-hybridized carbons (Fsp3) is 0.643. The van der Waals surface area contributed by atoms with Gasteiger partial charge in [0.25, 0.3) is 0 Å². The molecule has 0 aromatic carbocycles. The van der Waals surface area contributed by atoms with E-state index in [9.17, 15) is 10.4 Å². The standard InChI is InChI=1S/C14H22N4OS/c1-5-10-11(7-15)13(18-17-12(10)6-2)16-8-14(3,19)9-20-4/h19H,5-6,8-9H2,1-4H3,(H,16,18). The third kappa shape index (κ3) is 4.09. The van der Waals surface area contributed by atoms with Gasteiger partial charge in [0.2, 0.25) is 0 Å². The molecule has 0 radical (unpaired) electrons. The Kier molecular flexibility index (Phi) is 6.24. The Morgan fingerprint density at radius 3 is 2.55 bits per heavy atom. The number of nitrogens with one attached hydrogen (secondary N) is 1. The van der Waals surface area contributed by atoms with E-state index in [0.29, 0.717) is 23.7 Å². The van der Waals surface area contributed by atoms with Gasteiger partial charge in [-0.15, -0.1) is 5.10 Å². The highest BCUT2D eigenvalue weighted by atomic mass is 32.2. The summed E-state index contributed by atoms with van der Waals surface area (Å²) in [6.07, 6.45) is 3.45. The van der Waals surface area contributed by atoms with Crippen molar-refractivity contribution in [1.82, 2.24) is 10.2 Å². The third-order valence-corrected chi connectivity index (χ3v) is 3.96. The number of aromatic nitrogens is 2. The van der Waals surface area contributed by atoms with Crippen LogP contribution in [0.25, 0.3) is 0 Å². The Morgan fingerprint density at radius 2 is 2.05 bits per heavy atom. The van der Waals surface area contributed by atoms with Gasteiger partial charge in [0.1, 0.15) is 11.6 Å². The van der Waals surface area contributed by atoms with E-state index in [-0.39, 0.29) is 0 Å². The number of rotatable bonds is 7. The Hall–Kier alpha value is -1.32. The molecule has 1 aromatic rings. The third-order valence-electron chi connectivity index (χ3n) is 3.05. The molecule has 1 aromatic heterocycles. The minimum Gasteiger partial charge on any atom is -0.387 e. The van der Waals surface area contributed by atoms with Crippen LogP contribution >= 0.6 is 11.8 Å². The number of nitrogens with zero attached hydrogens (tertiary/aromatic N) is 3. The van der Waals surface area contributed by atoms with Crippen molar-refractivity contribution in [3.63, 3.8) is 0 Å². The number of hydrogen-bond acceptors (Lipinski definition) is 6. The molecule has 0 saturated heterocycles. The van der Waals surface area contributed by atoms with Crippen molar-refractivity contribution in [2.45, 2.75) is 39.2 Å². The predicted molar refractivity (Wildman–Crippen MR) is 83.0 cm³/mol. The van der Waals surface area contributed by atoms with E-state index in [1.54, 1.807) is 18.7 Å². The van der Waals surface area contributed by atoms with E-state index in [4.69, 9.17) is 0 Å². The molecular weight excluding hydrogens is 272 g/mol. The molecule has 110 valence electrons. The number of nitriles is 1. The Labute approximate surface area is 124 Å². The summed E-state index contributed by atoms with van der Waals surface area (Å²) in [6, 6.07) is 2.21. The molecule has 0 spiro atoms. The lowest BCUT2D eigenvalue weighted by molar-refractivity contribution is 0.0996. The van der Waals surface area contributed by atoms with Crippen LogP contribution in [0.3, 0.4) is 0 Å². The summed E-state index contributed by atoms with van der Waals surface area (Å²) in [5.41, 5.74) is 1.51. The molecule has 1 atom stereocenters. The summed E-state index contributed by atoms with van der Waals surface area (Å²) < 4.78 is 0. The Bertz CT molecular complexity index is 497. The first kappa shape index (κ1) is 16.7. The SMILES string of the molecule is CCc1nnc(NCC(C)(O)CSC)c(C#N)c1CC. The van der Waals surface area contributed by atoms with Crippen molar-refractivity contribution in [3.05, 3.63) is 16.8 Å². The fourth-order valence-electron chi connectivity index (χ4n) is 2.05. The second kappa shape index (κ2) is 7.46. The average molecular weight is 294 g/mol. The molecule has 0 fully saturated rings. The van der Waals surface area contributed by atoms with Crippen LogP contribution in [0.5, 0.6) is 0 Å². The molecule has 0 aliphatic carbocycles. The Balaban J connectivity index is 3.00. The maximum absolute atomic E-state index is 10.2. The topological polar surface area (TPSA) is 81.8 Å². The van der Waals surface area contributed by atoms with Gasteiger partial charge in [0.15, 0.2) is 5.82 Å². The first-order valence-corrected chi connectivity index (χ1v) is 8.12. The van der Waals surface area contributed by atoms with Crippen molar-refractivity contribution in [1.29, 1.82) is 5.26 Å². The lowest BCUT2D eigenvalue weighted by atomic mass is 10.0. The molecule has 0 bridgehead atoms. The summed E-state index contributed by atoms with van der Waals surface area (Å²) >= 11 is 1.58. The van der Waals surface area contributed by atoms with Crippen molar-refractivity contribution < 1.29 is 5.11 Å². The predicted octanol–water partition coefficient (Wildman–Crippen LogP) is 2.00. The molecule has 5 nitrogen and oxygen atoms in total. The number of hydrogen-bond donors (Lipinski definition) is 2. The monoisotopic (exact) mass is 294 g/mol. The molecule has 0 amide bonds. The first-order chi connectivity index (χ1) is 9.49. The Morgan fingerprint density at radius 1 is 1.35 bits per heavy atom. The highest BCUT2D eigenvalue weighted by molar-refractivity contribution is 7.98. The second-order valence-corrected chi connectivity index (χ2v) is 5.82. The number of aryl methyl sites for hydroxylation is 1. The van der Waals surface area contributed by atoms with E-state index in [1.807, 2.05) is 20.1 Å². The van der Waals surface area contributed by atoms with E-state index in [1.165, 1.54) is 0 Å². The molecule has 1 rings (SSSR count). The molecule has 0 saturated carbocycles. The quantitative estimate of drug-likeness (QED) is 0.800. The zero-order chi connectivity index (χ0) is 15.2. The molecule has 1 heterocycles. The first-order valence-electron chi connectivity index (χ1n) is 6.72. The van der Waals surface area contributed by atoms with Gasteiger partial charge in [-0.05, 0) is 31.6 Å². The summed E-state index contributed by atoms with van der Waals surface area (Å²) in [6.45, 7) is 6.11. The minimum absolute atomic E-state index is 0.339. The number of thioether (sulfide) groups is 1. The molecular formula is C14H22N4OS. The van der Waals surface area contributed by atoms with Crippen LogP contribution in [-0.4, -0.2) is 39.5 Å². The summed E-state index contributed by atoms with van der Waals surface area (Å²) in [7, 11) is 0. The number of anilines is 1. The van der Waals surface area contributed by atoms with Crippen LogP contribution in [0.15, 0.2) is 0 Å². The smallest absolute Gasteiger partial charge is 0.167 e. The highest BCUT2D eigenvalue weighted by Gasteiger charge is 2.21. The second-order valence-electron chi connectivity index (χ2n) is 4.95. The summed E-state index contributed by atoms with van der Waals surface area (Å²) in [5, 5.41) is 30.8. The van der Waals surface area contributed by atoms with Gasteiger partial charge in [-0.1, -0.05) is 13.8 Å². The lowest BCUT2D eigenvalue weighted by Crippen LogP contribution is -2.36. The zero-order valence-electron chi connectivity index (χ0n) is 12.5. The molecule has 1 unspecified atom stereocenters. The van der Waals surface area contributed by atoms with Crippen LogP contribution in [0.2, 0.25) is 0 Å². The van der Waals surface area contributed by atoms with Crippen LogP contribution < -0.4 is 5.32 Å². The van der Waals surface area contributed by atoms with Crippen LogP contribution in [0.1, 0.15) is 37.6 Å². The van der Waals surface area contributed by atoms with Gasteiger partial charge < -0.3 is 10.4 Å². The molecule has 2 N–H and O–H groups in total. The van der Waals surface area contributed by atoms with Gasteiger partial charge >= 0.3 is 0 Å². The maximum Gasteiger partial charge on any atom is 0.167 e. The number of aliphatic hydroxyl groups is 1. The molecule has 0 aliphatic heterocycles. The van der Waals surface area contributed by atoms with Crippen molar-refractivity contribution in [3.8, 4) is 6.07 Å². The van der Waals surface area contributed by atoms with Gasteiger partial charge in [0.05, 0.1) is 11.3 Å². The van der Waals surface area contributed by atoms with Gasteiger partial charge in [-0.2, -0.15) is 22.1 Å². The van der Waals surface area contributed by atoms with Gasteiger partial charge in [0, 0.05) is 12.3 Å².